The van der Waals surface area contributed by atoms with E-state index < -0.39 is 23.6 Å². The second-order valence-corrected chi connectivity index (χ2v) is 22.3. The molecule has 2 aliphatic heterocycles. The van der Waals surface area contributed by atoms with E-state index in [1.807, 2.05) is 72.8 Å². The van der Waals surface area contributed by atoms with Gasteiger partial charge in [0.25, 0.3) is 23.6 Å². The van der Waals surface area contributed by atoms with E-state index >= 15 is 19.2 Å². The number of methoxy groups -OCH3 is 2. The minimum atomic E-state index is -0.579. The summed E-state index contributed by atoms with van der Waals surface area (Å²) in [5.74, 6) is 3.09. The molecule has 0 bridgehead atoms. The lowest BCUT2D eigenvalue weighted by Crippen LogP contribution is -2.42. The number of nitrogens with zero attached hydrogens (tertiary/aromatic N) is 2. The molecule has 0 N–H and O–H groups in total. The molecule has 0 saturated heterocycles. The SMILES string of the molecule is COCSCCOCCOCCOCCN1C(=O)c2cc(Oc3ccccc3)c3c4c(Oc5ccccc5)cc5c6c(cc(Oc7ccccc7)c(c7c(Oc8ccccc8)cc(c2c37)C1=O)c64)C(=O)N(CCOCCOCCOCCSCOC)C5=O. The second kappa shape index (κ2) is 30.4. The van der Waals surface area contributed by atoms with Crippen molar-refractivity contribution in [3.8, 4) is 46.0 Å². The maximum Gasteiger partial charge on any atom is 0.261 e. The normalized spacial score (nSPS) is 13.1. The van der Waals surface area contributed by atoms with Crippen LogP contribution in [0.4, 0.5) is 0 Å². The minimum absolute atomic E-state index is 0.0211. The van der Waals surface area contributed by atoms with Crippen molar-refractivity contribution in [1.82, 2.24) is 9.80 Å². The molecule has 11 rings (SSSR count). The zero-order chi connectivity index (χ0) is 60.6. The van der Waals surface area contributed by atoms with E-state index in [0.717, 1.165) is 11.5 Å². The Labute approximate surface area is 517 Å². The summed E-state index contributed by atoms with van der Waals surface area (Å²) in [6.07, 6.45) is 0. The van der Waals surface area contributed by atoms with Crippen LogP contribution in [0.1, 0.15) is 41.4 Å². The number of carbonyl (C=O) groups excluding carboxylic acids is 4. The van der Waals surface area contributed by atoms with Gasteiger partial charge in [0.1, 0.15) is 46.0 Å². The topological polar surface area (TPSA) is 186 Å². The van der Waals surface area contributed by atoms with Gasteiger partial charge in [-0.25, -0.2) is 0 Å². The third-order valence-corrected chi connectivity index (χ3v) is 16.2. The molecule has 9 aromatic rings. The van der Waals surface area contributed by atoms with Crippen LogP contribution in [0.2, 0.25) is 0 Å². The number of rotatable bonds is 36. The molecular weight excluding hydrogens is 1160 g/mol. The Morgan fingerprint density at radius 1 is 0.307 bits per heavy atom. The standard InChI is InChI=1S/C68H66N2O16S2/c1-75-43-87-37-35-81-33-31-79-29-27-77-25-23-69-65(71)49-39-53(83-45-15-7-3-8-16-45)59-61-55(85-47-19-11-5-12-20-47)41-51-58-52(68(74)70(67(51)73)24-26-78-28-30-80-32-34-82-36-38-88-44-76-2)42-56(86-48-21-13-6-14-22-48)62(64(58)61)60-54(84-46-17-9-4-10-18-46)40-50(66(69)72)57(49)63(59)60/h3-22,39-42H,23-38,43-44H2,1-2H3. The van der Waals surface area contributed by atoms with Crippen molar-refractivity contribution >= 4 is 90.2 Å². The summed E-state index contributed by atoms with van der Waals surface area (Å²) >= 11 is 3.28. The zero-order valence-corrected chi connectivity index (χ0v) is 50.5. The number of fused-ring (bicyclic) bond motifs is 2. The molecule has 0 unspecified atom stereocenters. The average Bonchev–Trinajstić information content (AvgIpc) is 0.680. The Hall–Kier alpha value is -7.86. The number of carbonyl (C=O) groups is 4. The molecule has 0 radical (unpaired) electrons. The number of hydrogen-bond donors (Lipinski definition) is 0. The number of ether oxygens (including phenoxy) is 12. The second-order valence-electron chi connectivity index (χ2n) is 20.2. The Bertz CT molecular complexity index is 3400. The lowest BCUT2D eigenvalue weighted by atomic mass is 9.80. The van der Waals surface area contributed by atoms with E-state index in [-0.39, 0.29) is 98.0 Å². The molecule has 2 aliphatic rings. The third kappa shape index (κ3) is 14.0. The van der Waals surface area contributed by atoms with Gasteiger partial charge < -0.3 is 56.8 Å². The number of amides is 4. The highest BCUT2D eigenvalue weighted by molar-refractivity contribution is 7.99. The highest BCUT2D eigenvalue weighted by atomic mass is 32.2. The van der Waals surface area contributed by atoms with Crippen molar-refractivity contribution < 1.29 is 76.0 Å². The fourth-order valence-corrected chi connectivity index (χ4v) is 11.8. The van der Waals surface area contributed by atoms with Gasteiger partial charge in [0.05, 0.1) is 127 Å². The van der Waals surface area contributed by atoms with Crippen LogP contribution in [0, 0.1) is 0 Å². The van der Waals surface area contributed by atoms with E-state index in [0.29, 0.717) is 118 Å². The zero-order valence-electron chi connectivity index (χ0n) is 48.8. The van der Waals surface area contributed by atoms with Crippen molar-refractivity contribution in [3.05, 3.63) is 168 Å². The van der Waals surface area contributed by atoms with E-state index in [1.54, 1.807) is 111 Å². The number of para-hydroxylation sites is 4. The Balaban J connectivity index is 1.04. The molecule has 0 fully saturated rings. The summed E-state index contributed by atoms with van der Waals surface area (Å²) in [7, 11) is 3.31. The number of thioether (sulfide) groups is 2. The molecule has 18 nitrogen and oxygen atoms in total. The molecule has 0 saturated carbocycles. The van der Waals surface area contributed by atoms with Gasteiger partial charge in [-0.3, -0.25) is 29.0 Å². The highest BCUT2D eigenvalue weighted by Gasteiger charge is 2.41. The van der Waals surface area contributed by atoms with E-state index in [9.17, 15) is 0 Å². The molecular formula is C68H66N2O16S2. The van der Waals surface area contributed by atoms with Gasteiger partial charge in [-0.1, -0.05) is 72.8 Å². The molecule has 456 valence electrons. The number of imide groups is 2. The lowest BCUT2D eigenvalue weighted by molar-refractivity contribution is 0.0130. The van der Waals surface area contributed by atoms with Crippen LogP contribution in [-0.2, 0) is 37.9 Å². The molecule has 0 atom stereocenters. The van der Waals surface area contributed by atoms with Crippen LogP contribution in [0.5, 0.6) is 46.0 Å². The summed E-state index contributed by atoms with van der Waals surface area (Å²) in [5.41, 5.74) is 0.697. The summed E-state index contributed by atoms with van der Waals surface area (Å²) in [4.78, 5) is 63.7. The molecule has 0 spiro atoms. The molecule has 88 heavy (non-hydrogen) atoms. The van der Waals surface area contributed by atoms with Gasteiger partial charge >= 0.3 is 0 Å². The first-order chi connectivity index (χ1) is 43.3. The quantitative estimate of drug-likeness (QED) is 0.0119. The maximum absolute atomic E-state index is 15.3. The van der Waals surface area contributed by atoms with Crippen molar-refractivity contribution in [2.24, 2.45) is 0 Å². The van der Waals surface area contributed by atoms with Gasteiger partial charge in [-0.2, -0.15) is 0 Å². The van der Waals surface area contributed by atoms with Gasteiger partial charge in [0.2, 0.25) is 0 Å². The fourth-order valence-electron chi connectivity index (χ4n) is 10.7. The van der Waals surface area contributed by atoms with Crippen LogP contribution in [0.25, 0.3) is 43.1 Å². The Morgan fingerprint density at radius 3 is 0.818 bits per heavy atom. The van der Waals surface area contributed by atoms with Crippen molar-refractivity contribution in [1.29, 1.82) is 0 Å². The predicted octanol–water partition coefficient (Wildman–Crippen LogP) is 12.9. The van der Waals surface area contributed by atoms with Crippen molar-refractivity contribution in [2.75, 3.05) is 130 Å². The smallest absolute Gasteiger partial charge is 0.261 e. The number of hydrogen-bond acceptors (Lipinski definition) is 18. The van der Waals surface area contributed by atoms with Crippen LogP contribution in [-0.4, -0.2) is 163 Å². The maximum atomic E-state index is 15.3. The molecule has 4 amide bonds. The highest BCUT2D eigenvalue weighted by Crippen LogP contribution is 2.58. The minimum Gasteiger partial charge on any atom is -0.457 e. The fraction of sp³-hybridized carbons (Fsp3) is 0.294. The van der Waals surface area contributed by atoms with Crippen LogP contribution in [0.15, 0.2) is 146 Å². The predicted molar refractivity (Wildman–Crippen MR) is 338 cm³/mol. The van der Waals surface area contributed by atoms with Gasteiger partial charge in [0, 0.05) is 68.8 Å². The lowest BCUT2D eigenvalue weighted by Gasteiger charge is -2.32. The van der Waals surface area contributed by atoms with E-state index in [2.05, 4.69) is 0 Å². The van der Waals surface area contributed by atoms with Crippen molar-refractivity contribution in [3.63, 3.8) is 0 Å². The third-order valence-electron chi connectivity index (χ3n) is 14.5. The monoisotopic (exact) mass is 1230 g/mol. The van der Waals surface area contributed by atoms with E-state index in [4.69, 9.17) is 56.8 Å². The van der Waals surface area contributed by atoms with Crippen LogP contribution in [0.3, 0.4) is 0 Å². The van der Waals surface area contributed by atoms with Crippen LogP contribution >= 0.6 is 23.5 Å². The summed E-state index contributed by atoms with van der Waals surface area (Å²) in [5, 5.41) is 3.09. The summed E-state index contributed by atoms with van der Waals surface area (Å²) in [6.45, 7) is 3.63. The first-order valence-corrected chi connectivity index (χ1v) is 31.3. The van der Waals surface area contributed by atoms with E-state index in [1.165, 1.54) is 9.80 Å². The van der Waals surface area contributed by atoms with Gasteiger partial charge in [0.15, 0.2) is 0 Å². The Morgan fingerprint density at radius 2 is 0.557 bits per heavy atom. The summed E-state index contributed by atoms with van der Waals surface area (Å²) < 4.78 is 72.8. The molecule has 9 aromatic carbocycles. The molecule has 0 aliphatic carbocycles. The molecule has 0 aromatic heterocycles. The average molecular weight is 1230 g/mol. The molecule has 2 heterocycles. The van der Waals surface area contributed by atoms with Gasteiger partial charge in [-0.15, -0.1) is 23.5 Å². The molecule has 20 heteroatoms. The van der Waals surface area contributed by atoms with Crippen LogP contribution < -0.4 is 18.9 Å². The summed E-state index contributed by atoms with van der Waals surface area (Å²) in [6, 6.07) is 43.1. The largest absolute Gasteiger partial charge is 0.457 e. The van der Waals surface area contributed by atoms with Crippen molar-refractivity contribution in [2.45, 2.75) is 0 Å². The Kier molecular flexibility index (Phi) is 21.3. The number of benzene rings is 9. The first kappa shape index (κ1) is 61.8. The van der Waals surface area contributed by atoms with Gasteiger partial charge in [-0.05, 0) is 72.8 Å². The first-order valence-electron chi connectivity index (χ1n) is 28.9.